The van der Waals surface area contributed by atoms with Gasteiger partial charge in [-0.05, 0) is 37.6 Å². The lowest BCUT2D eigenvalue weighted by Gasteiger charge is -2.23. The summed E-state index contributed by atoms with van der Waals surface area (Å²) in [6.07, 6.45) is 3.45. The van der Waals surface area contributed by atoms with Crippen molar-refractivity contribution in [3.8, 4) is 11.5 Å². The SMILES string of the molecule is COC(=O)C1=C(C)N=c2s/c(=C/c3ccc(OC)c(OC)c3)c(=O)n2[C@@H]1c1cnn(C)c1C. The van der Waals surface area contributed by atoms with Crippen molar-refractivity contribution < 1.29 is 19.0 Å². The molecule has 0 saturated heterocycles. The van der Waals surface area contributed by atoms with Gasteiger partial charge in [-0.1, -0.05) is 17.4 Å². The molecule has 0 spiro atoms. The minimum atomic E-state index is -0.685. The number of benzene rings is 1. The number of ether oxygens (including phenoxy) is 3. The normalized spacial score (nSPS) is 15.8. The molecule has 0 radical (unpaired) electrons. The van der Waals surface area contributed by atoms with Crippen LogP contribution >= 0.6 is 11.3 Å². The van der Waals surface area contributed by atoms with Crippen LogP contribution in [-0.4, -0.2) is 41.6 Å². The number of hydrogen-bond donors (Lipinski definition) is 0. The van der Waals surface area contributed by atoms with Gasteiger partial charge < -0.3 is 14.2 Å². The minimum Gasteiger partial charge on any atom is -0.493 e. The maximum atomic E-state index is 13.6. The predicted molar refractivity (Wildman–Crippen MR) is 123 cm³/mol. The number of methoxy groups -OCH3 is 3. The standard InChI is InChI=1S/C23H24N4O5S/c1-12-19(22(29)32-6)20(15-11-24-26(3)13(15)2)27-21(28)18(33-23(27)25-12)10-14-7-8-16(30-4)17(9-14)31-5/h7-11,20H,1-6H3/b18-10+/t20-/m1/s1. The number of allylic oxidation sites excluding steroid dienone is 1. The van der Waals surface area contributed by atoms with Crippen LogP contribution in [0, 0.1) is 6.92 Å². The summed E-state index contributed by atoms with van der Waals surface area (Å²) in [5, 5.41) is 4.31. The largest absolute Gasteiger partial charge is 0.493 e. The number of esters is 1. The summed E-state index contributed by atoms with van der Waals surface area (Å²) in [6, 6.07) is 4.73. The third kappa shape index (κ3) is 3.76. The maximum Gasteiger partial charge on any atom is 0.338 e. The zero-order chi connectivity index (χ0) is 23.9. The number of nitrogens with zero attached hydrogens (tertiary/aromatic N) is 4. The lowest BCUT2D eigenvalue weighted by Crippen LogP contribution is -2.40. The number of aromatic nitrogens is 3. The number of aryl methyl sites for hydroxylation is 1. The Morgan fingerprint density at radius 3 is 2.48 bits per heavy atom. The summed E-state index contributed by atoms with van der Waals surface area (Å²) in [6.45, 7) is 3.64. The van der Waals surface area contributed by atoms with E-state index in [0.29, 0.717) is 32.1 Å². The Bertz CT molecular complexity index is 1460. The van der Waals surface area contributed by atoms with Gasteiger partial charge in [0.15, 0.2) is 16.3 Å². The number of thiazole rings is 1. The Balaban J connectivity index is 1.96. The molecule has 33 heavy (non-hydrogen) atoms. The number of carbonyl (C=O) groups excluding carboxylic acids is 1. The average molecular weight is 469 g/mol. The van der Waals surface area contributed by atoms with E-state index < -0.39 is 12.0 Å². The molecule has 3 aromatic rings. The summed E-state index contributed by atoms with van der Waals surface area (Å²) in [7, 11) is 6.26. The van der Waals surface area contributed by atoms with E-state index >= 15 is 0 Å². The van der Waals surface area contributed by atoms with Gasteiger partial charge in [0.1, 0.15) is 6.04 Å². The van der Waals surface area contributed by atoms with Crippen molar-refractivity contribution in [2.45, 2.75) is 19.9 Å². The topological polar surface area (TPSA) is 96.9 Å². The highest BCUT2D eigenvalue weighted by Gasteiger charge is 2.35. The van der Waals surface area contributed by atoms with Gasteiger partial charge in [0.2, 0.25) is 0 Å². The summed E-state index contributed by atoms with van der Waals surface area (Å²) in [5.41, 5.74) is 2.93. The molecule has 1 aromatic carbocycles. The van der Waals surface area contributed by atoms with E-state index in [-0.39, 0.29) is 5.56 Å². The van der Waals surface area contributed by atoms with Gasteiger partial charge >= 0.3 is 5.97 Å². The highest BCUT2D eigenvalue weighted by molar-refractivity contribution is 7.07. The molecule has 172 valence electrons. The molecule has 1 aliphatic heterocycles. The van der Waals surface area contributed by atoms with Crippen LogP contribution in [-0.2, 0) is 16.6 Å². The van der Waals surface area contributed by atoms with Gasteiger partial charge in [-0.2, -0.15) is 5.10 Å². The molecule has 4 rings (SSSR count). The van der Waals surface area contributed by atoms with Crippen molar-refractivity contribution in [2.24, 2.45) is 12.0 Å². The van der Waals surface area contributed by atoms with Crippen molar-refractivity contribution in [1.82, 2.24) is 14.3 Å². The summed E-state index contributed by atoms with van der Waals surface area (Å²) in [4.78, 5) is 31.4. The van der Waals surface area contributed by atoms with Crippen LogP contribution in [0.25, 0.3) is 6.08 Å². The third-order valence-electron chi connectivity index (χ3n) is 5.70. The summed E-state index contributed by atoms with van der Waals surface area (Å²) in [5.74, 6) is 0.631. The number of carbonyl (C=O) groups is 1. The van der Waals surface area contributed by atoms with Crippen LogP contribution in [0.5, 0.6) is 11.5 Å². The van der Waals surface area contributed by atoms with Crippen LogP contribution in [0.1, 0.15) is 29.8 Å². The van der Waals surface area contributed by atoms with Gasteiger partial charge in [-0.25, -0.2) is 9.79 Å². The second-order valence-electron chi connectivity index (χ2n) is 7.50. The van der Waals surface area contributed by atoms with Crippen LogP contribution in [0.15, 0.2) is 45.5 Å². The predicted octanol–water partition coefficient (Wildman–Crippen LogP) is 1.47. The second-order valence-corrected chi connectivity index (χ2v) is 8.51. The van der Waals surface area contributed by atoms with Gasteiger partial charge in [-0.3, -0.25) is 14.0 Å². The molecule has 0 saturated carbocycles. The van der Waals surface area contributed by atoms with Crippen LogP contribution in [0.3, 0.4) is 0 Å². The molecule has 0 N–H and O–H groups in total. The van der Waals surface area contributed by atoms with Crippen molar-refractivity contribution in [1.29, 1.82) is 0 Å². The minimum absolute atomic E-state index is 0.254. The molecule has 1 aliphatic rings. The first-order valence-electron chi connectivity index (χ1n) is 10.1. The van der Waals surface area contributed by atoms with E-state index in [9.17, 15) is 9.59 Å². The molecule has 0 bridgehead atoms. The molecule has 0 aliphatic carbocycles. The van der Waals surface area contributed by atoms with E-state index in [2.05, 4.69) is 10.1 Å². The molecular weight excluding hydrogens is 444 g/mol. The molecular formula is C23H24N4O5S. The van der Waals surface area contributed by atoms with E-state index in [4.69, 9.17) is 14.2 Å². The molecule has 1 atom stereocenters. The fraction of sp³-hybridized carbons (Fsp3) is 0.304. The lowest BCUT2D eigenvalue weighted by atomic mass is 9.96. The smallest absolute Gasteiger partial charge is 0.338 e. The zero-order valence-electron chi connectivity index (χ0n) is 19.2. The van der Waals surface area contributed by atoms with E-state index in [1.807, 2.05) is 20.0 Å². The Kier molecular flexibility index (Phi) is 5.94. The van der Waals surface area contributed by atoms with Crippen molar-refractivity contribution >= 4 is 23.4 Å². The fourth-order valence-corrected chi connectivity index (χ4v) is 4.91. The Hall–Kier alpha value is -3.66. The molecule has 0 fully saturated rings. The number of fused-ring (bicyclic) bond motifs is 1. The first kappa shape index (κ1) is 22.5. The van der Waals surface area contributed by atoms with Crippen molar-refractivity contribution in [3.05, 3.63) is 72.2 Å². The number of hydrogen-bond acceptors (Lipinski definition) is 8. The van der Waals surface area contributed by atoms with Gasteiger partial charge in [0, 0.05) is 18.3 Å². The molecule has 0 amide bonds. The Morgan fingerprint density at radius 2 is 1.88 bits per heavy atom. The van der Waals surface area contributed by atoms with Crippen molar-refractivity contribution in [2.75, 3.05) is 21.3 Å². The quantitative estimate of drug-likeness (QED) is 0.526. The average Bonchev–Trinajstić information content (AvgIpc) is 3.30. The first-order valence-corrected chi connectivity index (χ1v) is 10.9. The summed E-state index contributed by atoms with van der Waals surface area (Å²) >= 11 is 1.26. The highest BCUT2D eigenvalue weighted by Crippen LogP contribution is 2.32. The monoisotopic (exact) mass is 468 g/mol. The van der Waals surface area contributed by atoms with Gasteiger partial charge in [-0.15, -0.1) is 0 Å². The zero-order valence-corrected chi connectivity index (χ0v) is 20.0. The second kappa shape index (κ2) is 8.70. The molecule has 9 nitrogen and oxygen atoms in total. The van der Waals surface area contributed by atoms with E-state index in [0.717, 1.165) is 16.8 Å². The van der Waals surface area contributed by atoms with Gasteiger partial charge in [0.25, 0.3) is 5.56 Å². The third-order valence-corrected chi connectivity index (χ3v) is 6.68. The maximum absolute atomic E-state index is 13.6. The highest BCUT2D eigenvalue weighted by atomic mass is 32.1. The van der Waals surface area contributed by atoms with E-state index in [1.165, 1.54) is 18.4 Å². The molecule has 2 aromatic heterocycles. The van der Waals surface area contributed by atoms with Crippen LogP contribution in [0.4, 0.5) is 0 Å². The lowest BCUT2D eigenvalue weighted by molar-refractivity contribution is -0.136. The molecule has 3 heterocycles. The molecule has 10 heteroatoms. The van der Waals surface area contributed by atoms with Crippen LogP contribution in [0.2, 0.25) is 0 Å². The number of rotatable bonds is 5. The van der Waals surface area contributed by atoms with Crippen molar-refractivity contribution in [3.63, 3.8) is 0 Å². The Morgan fingerprint density at radius 1 is 1.15 bits per heavy atom. The Labute approximate surface area is 193 Å². The van der Waals surface area contributed by atoms with Crippen LogP contribution < -0.4 is 24.4 Å². The fourth-order valence-electron chi connectivity index (χ4n) is 3.86. The summed E-state index contributed by atoms with van der Waals surface area (Å²) < 4.78 is 19.4. The molecule has 0 unspecified atom stereocenters. The first-order chi connectivity index (χ1) is 15.8. The van der Waals surface area contributed by atoms with E-state index in [1.54, 1.807) is 54.8 Å². The van der Waals surface area contributed by atoms with Gasteiger partial charge in [0.05, 0.1) is 43.3 Å².